The number of hydrogen-bond acceptors (Lipinski definition) is 4. The maximum Gasteiger partial charge on any atom is 0.253 e. The molecular weight excluding hydrogens is 366 g/mol. The summed E-state index contributed by atoms with van der Waals surface area (Å²) in [5.41, 5.74) is 8.56. The van der Waals surface area contributed by atoms with Gasteiger partial charge in [-0.2, -0.15) is 0 Å². The third-order valence-corrected chi connectivity index (χ3v) is 3.98. The van der Waals surface area contributed by atoms with E-state index in [2.05, 4.69) is 10.6 Å². The number of ether oxygens (including phenoxy) is 1. The molecule has 0 aliphatic rings. The van der Waals surface area contributed by atoms with Crippen LogP contribution in [0.25, 0.3) is 0 Å². The van der Waals surface area contributed by atoms with Crippen LogP contribution in [0.5, 0.6) is 0 Å². The van der Waals surface area contributed by atoms with Crippen molar-refractivity contribution in [2.75, 3.05) is 25.6 Å². The summed E-state index contributed by atoms with van der Waals surface area (Å²) in [6.07, 6.45) is 0.735. The number of anilines is 1. The van der Waals surface area contributed by atoms with Crippen LogP contribution in [0.15, 0.2) is 48.5 Å². The maximum atomic E-state index is 12.6. The van der Waals surface area contributed by atoms with E-state index in [1.165, 1.54) is 7.11 Å². The molecule has 2 aromatic carbocycles. The Morgan fingerprint density at radius 3 is 2.48 bits per heavy atom. The first kappa shape index (κ1) is 22.6. The molecule has 0 aromatic heterocycles. The summed E-state index contributed by atoms with van der Waals surface area (Å²) in [6.45, 7) is 2.45. The van der Waals surface area contributed by atoms with Crippen LogP contribution in [0.3, 0.4) is 0 Å². The normalized spacial score (nSPS) is 11.2. The first-order valence-electron chi connectivity index (χ1n) is 8.50. The van der Waals surface area contributed by atoms with Gasteiger partial charge in [-0.1, -0.05) is 42.5 Å². The lowest BCUT2D eigenvalue weighted by Gasteiger charge is -2.16. The number of methoxy groups -OCH3 is 1. The van der Waals surface area contributed by atoms with Crippen LogP contribution < -0.4 is 16.4 Å². The van der Waals surface area contributed by atoms with E-state index >= 15 is 0 Å². The third kappa shape index (κ3) is 6.67. The molecular formula is C20H26ClN3O3. The molecule has 27 heavy (non-hydrogen) atoms. The number of hydrogen-bond donors (Lipinski definition) is 3. The van der Waals surface area contributed by atoms with Crippen molar-refractivity contribution in [3.05, 3.63) is 65.2 Å². The fourth-order valence-electron chi connectivity index (χ4n) is 2.61. The molecule has 0 aliphatic heterocycles. The Balaban J connectivity index is 0.00000364. The second-order valence-corrected chi connectivity index (χ2v) is 6.04. The van der Waals surface area contributed by atoms with Crippen molar-refractivity contribution in [2.24, 2.45) is 5.73 Å². The van der Waals surface area contributed by atoms with Crippen molar-refractivity contribution in [1.82, 2.24) is 5.32 Å². The summed E-state index contributed by atoms with van der Waals surface area (Å²) in [5, 5.41) is 5.63. The molecule has 0 fully saturated rings. The average molecular weight is 392 g/mol. The van der Waals surface area contributed by atoms with E-state index in [1.807, 2.05) is 43.3 Å². The second-order valence-electron chi connectivity index (χ2n) is 6.04. The molecule has 0 heterocycles. The first-order valence-corrected chi connectivity index (χ1v) is 8.50. The minimum absolute atomic E-state index is 0. The van der Waals surface area contributed by atoms with Gasteiger partial charge in [0.1, 0.15) is 6.04 Å². The highest BCUT2D eigenvalue weighted by Crippen LogP contribution is 2.20. The standard InChI is InChI=1S/C20H25N3O3.ClH/c1-14-7-6-10-17(23-19(24)16(21)13-26-2)18(14)20(25)22-12-11-15-8-4-3-5-9-15;/h3-10,16H,11-13,21H2,1-2H3,(H,22,25)(H,23,24);1H. The van der Waals surface area contributed by atoms with Crippen molar-refractivity contribution in [1.29, 1.82) is 0 Å². The molecule has 2 rings (SSSR count). The fourth-order valence-corrected chi connectivity index (χ4v) is 2.61. The number of rotatable bonds is 8. The number of benzene rings is 2. The summed E-state index contributed by atoms with van der Waals surface area (Å²) >= 11 is 0. The quantitative estimate of drug-likeness (QED) is 0.643. The minimum Gasteiger partial charge on any atom is -0.383 e. The zero-order valence-electron chi connectivity index (χ0n) is 15.5. The van der Waals surface area contributed by atoms with Gasteiger partial charge in [-0.25, -0.2) is 0 Å². The number of carbonyl (C=O) groups is 2. The van der Waals surface area contributed by atoms with Gasteiger partial charge in [0, 0.05) is 13.7 Å². The van der Waals surface area contributed by atoms with Gasteiger partial charge >= 0.3 is 0 Å². The van der Waals surface area contributed by atoms with E-state index < -0.39 is 11.9 Å². The third-order valence-electron chi connectivity index (χ3n) is 3.98. The van der Waals surface area contributed by atoms with Crippen molar-refractivity contribution in [2.45, 2.75) is 19.4 Å². The number of amides is 2. The Morgan fingerprint density at radius 1 is 1.11 bits per heavy atom. The highest BCUT2D eigenvalue weighted by atomic mass is 35.5. The molecule has 0 aliphatic carbocycles. The van der Waals surface area contributed by atoms with E-state index in [9.17, 15) is 9.59 Å². The SMILES string of the molecule is COCC(N)C(=O)Nc1cccc(C)c1C(=O)NCCc1ccccc1.Cl. The molecule has 1 atom stereocenters. The second kappa shape index (κ2) is 11.3. The molecule has 0 radical (unpaired) electrons. The van der Waals surface area contributed by atoms with Gasteiger partial charge in [0.05, 0.1) is 17.9 Å². The summed E-state index contributed by atoms with van der Waals surface area (Å²) < 4.78 is 4.89. The van der Waals surface area contributed by atoms with E-state index in [1.54, 1.807) is 12.1 Å². The molecule has 1 unspecified atom stereocenters. The Morgan fingerprint density at radius 2 is 1.81 bits per heavy atom. The van der Waals surface area contributed by atoms with Gasteiger partial charge in [-0.05, 0) is 30.5 Å². The topological polar surface area (TPSA) is 93.4 Å². The molecule has 2 aromatic rings. The van der Waals surface area contributed by atoms with Crippen molar-refractivity contribution in [3.63, 3.8) is 0 Å². The molecule has 4 N–H and O–H groups in total. The Kier molecular flexibility index (Phi) is 9.50. The van der Waals surface area contributed by atoms with Gasteiger partial charge in [-0.3, -0.25) is 9.59 Å². The molecule has 0 saturated carbocycles. The predicted molar refractivity (Wildman–Crippen MR) is 109 cm³/mol. The molecule has 0 spiro atoms. The van der Waals surface area contributed by atoms with Gasteiger partial charge in [0.25, 0.3) is 5.91 Å². The zero-order valence-corrected chi connectivity index (χ0v) is 16.3. The molecule has 146 valence electrons. The molecule has 7 heteroatoms. The van der Waals surface area contributed by atoms with E-state index in [0.717, 1.165) is 17.5 Å². The number of aryl methyl sites for hydroxylation is 1. The maximum absolute atomic E-state index is 12.6. The van der Waals surface area contributed by atoms with Crippen LogP contribution in [-0.4, -0.2) is 38.1 Å². The van der Waals surface area contributed by atoms with Gasteiger partial charge in [-0.15, -0.1) is 12.4 Å². The smallest absolute Gasteiger partial charge is 0.253 e. The van der Waals surface area contributed by atoms with Crippen LogP contribution in [-0.2, 0) is 16.0 Å². The summed E-state index contributed by atoms with van der Waals surface area (Å²) in [6, 6.07) is 14.4. The van der Waals surface area contributed by atoms with E-state index in [4.69, 9.17) is 10.5 Å². The lowest BCUT2D eigenvalue weighted by atomic mass is 10.0. The van der Waals surface area contributed by atoms with Crippen LogP contribution in [0.4, 0.5) is 5.69 Å². The van der Waals surface area contributed by atoms with Gasteiger partial charge in [0.2, 0.25) is 5.91 Å². The Labute approximate surface area is 165 Å². The molecule has 0 saturated heterocycles. The average Bonchev–Trinajstić information content (AvgIpc) is 2.62. The Bertz CT molecular complexity index is 753. The summed E-state index contributed by atoms with van der Waals surface area (Å²) in [5.74, 6) is -0.620. The number of nitrogens with one attached hydrogen (secondary N) is 2. The first-order chi connectivity index (χ1) is 12.5. The Hall–Kier alpha value is -2.41. The lowest BCUT2D eigenvalue weighted by Crippen LogP contribution is -2.39. The summed E-state index contributed by atoms with van der Waals surface area (Å²) in [4.78, 5) is 24.8. The predicted octanol–water partition coefficient (Wildman–Crippen LogP) is 2.30. The van der Waals surface area contributed by atoms with Crippen LogP contribution in [0.2, 0.25) is 0 Å². The number of nitrogens with two attached hydrogens (primary N) is 1. The lowest BCUT2D eigenvalue weighted by molar-refractivity contribution is -0.118. The van der Waals surface area contributed by atoms with Crippen molar-refractivity contribution < 1.29 is 14.3 Å². The van der Waals surface area contributed by atoms with Crippen molar-refractivity contribution in [3.8, 4) is 0 Å². The molecule has 2 amide bonds. The van der Waals surface area contributed by atoms with Gasteiger partial charge < -0.3 is 21.1 Å². The highest BCUT2D eigenvalue weighted by Gasteiger charge is 2.19. The van der Waals surface area contributed by atoms with Crippen LogP contribution >= 0.6 is 12.4 Å². The largest absolute Gasteiger partial charge is 0.383 e. The van der Waals surface area contributed by atoms with E-state index in [0.29, 0.717) is 17.8 Å². The zero-order chi connectivity index (χ0) is 18.9. The van der Waals surface area contributed by atoms with Gasteiger partial charge in [0.15, 0.2) is 0 Å². The minimum atomic E-state index is -0.797. The highest BCUT2D eigenvalue weighted by molar-refractivity contribution is 6.05. The molecule has 0 bridgehead atoms. The van der Waals surface area contributed by atoms with E-state index in [-0.39, 0.29) is 24.9 Å². The van der Waals surface area contributed by atoms with Crippen molar-refractivity contribution >= 4 is 29.9 Å². The number of carbonyl (C=O) groups excluding carboxylic acids is 2. The number of halogens is 1. The fraction of sp³-hybridized carbons (Fsp3) is 0.300. The monoisotopic (exact) mass is 391 g/mol. The van der Waals surface area contributed by atoms with Crippen LogP contribution in [0.1, 0.15) is 21.5 Å². The summed E-state index contributed by atoms with van der Waals surface area (Å²) in [7, 11) is 1.48. The van der Waals surface area contributed by atoms with Crippen LogP contribution in [0, 0.1) is 6.92 Å². The molecule has 6 nitrogen and oxygen atoms in total.